The zero-order valence-corrected chi connectivity index (χ0v) is 11.5. The minimum atomic E-state index is 0.334. The van der Waals surface area contributed by atoms with Gasteiger partial charge in [0, 0.05) is 25.0 Å². The monoisotopic (exact) mass is 238 g/mol. The second kappa shape index (κ2) is 5.49. The number of hydrogen-bond acceptors (Lipinski definition) is 3. The highest BCUT2D eigenvalue weighted by Gasteiger charge is 2.33. The summed E-state index contributed by atoms with van der Waals surface area (Å²) < 4.78 is 0. The Morgan fingerprint density at radius 3 is 2.59 bits per heavy atom. The first kappa shape index (κ1) is 13.0. The minimum Gasteiger partial charge on any atom is -0.303 e. The summed E-state index contributed by atoms with van der Waals surface area (Å²) in [5, 5.41) is 0. The van der Waals surface area contributed by atoms with Crippen LogP contribution in [0.3, 0.4) is 0 Å². The Kier molecular flexibility index (Phi) is 4.21. The molecule has 0 amide bonds. The lowest BCUT2D eigenvalue weighted by Crippen LogP contribution is -2.28. The molecule has 0 saturated carbocycles. The Hall–Kier alpha value is -0.410. The third kappa shape index (κ3) is 3.29. The van der Waals surface area contributed by atoms with Gasteiger partial charge in [0.25, 0.3) is 0 Å². The molecule has 2 saturated heterocycles. The first-order valence-electron chi connectivity index (χ1n) is 6.96. The molecule has 0 bridgehead atoms. The van der Waals surface area contributed by atoms with Crippen LogP contribution in [0.4, 0.5) is 0 Å². The summed E-state index contributed by atoms with van der Waals surface area (Å²) in [5.74, 6) is 1.13. The predicted molar refractivity (Wildman–Crippen MR) is 70.1 cm³/mol. The van der Waals surface area contributed by atoms with Crippen LogP contribution in [0, 0.1) is 5.92 Å². The van der Waals surface area contributed by atoms with E-state index in [4.69, 9.17) is 0 Å². The van der Waals surface area contributed by atoms with E-state index < -0.39 is 0 Å². The van der Waals surface area contributed by atoms with Crippen LogP contribution in [-0.4, -0.2) is 54.9 Å². The van der Waals surface area contributed by atoms with Crippen LogP contribution in [0.15, 0.2) is 0 Å². The van der Waals surface area contributed by atoms with Crippen molar-refractivity contribution < 1.29 is 4.79 Å². The van der Waals surface area contributed by atoms with Crippen molar-refractivity contribution in [2.45, 2.75) is 51.1 Å². The molecule has 2 rings (SSSR count). The molecule has 2 aliphatic heterocycles. The van der Waals surface area contributed by atoms with Crippen molar-refractivity contribution in [1.82, 2.24) is 9.80 Å². The quantitative estimate of drug-likeness (QED) is 0.746. The lowest BCUT2D eigenvalue weighted by Gasteiger charge is -2.22. The molecule has 0 N–H and O–H groups in total. The number of carbonyl (C=O) groups is 1. The molecule has 3 nitrogen and oxygen atoms in total. The van der Waals surface area contributed by atoms with E-state index in [1.54, 1.807) is 6.92 Å². The third-order valence-electron chi connectivity index (χ3n) is 4.57. The van der Waals surface area contributed by atoms with Gasteiger partial charge in [-0.3, -0.25) is 4.79 Å². The molecular weight excluding hydrogens is 212 g/mol. The molecule has 2 heterocycles. The minimum absolute atomic E-state index is 0.334. The van der Waals surface area contributed by atoms with Crippen LogP contribution in [0.5, 0.6) is 0 Å². The summed E-state index contributed by atoms with van der Waals surface area (Å²) in [7, 11) is 4.43. The van der Waals surface area contributed by atoms with E-state index in [0.29, 0.717) is 11.8 Å². The molecule has 0 spiro atoms. The summed E-state index contributed by atoms with van der Waals surface area (Å²) in [4.78, 5) is 16.1. The smallest absolute Gasteiger partial charge is 0.131 e. The Morgan fingerprint density at radius 2 is 2.00 bits per heavy atom. The molecular formula is C14H26N2O. The van der Waals surface area contributed by atoms with Crippen molar-refractivity contribution in [3.63, 3.8) is 0 Å². The molecule has 0 aromatic rings. The topological polar surface area (TPSA) is 23.6 Å². The molecule has 0 radical (unpaired) electrons. The molecule has 2 aliphatic rings. The number of likely N-dealkylation sites (tertiary alicyclic amines) is 2. The summed E-state index contributed by atoms with van der Waals surface area (Å²) in [6.45, 7) is 4.16. The molecule has 2 fully saturated rings. The van der Waals surface area contributed by atoms with Gasteiger partial charge in [-0.05, 0) is 59.2 Å². The molecule has 3 heteroatoms. The van der Waals surface area contributed by atoms with Crippen molar-refractivity contribution in [3.05, 3.63) is 0 Å². The molecule has 0 aromatic carbocycles. The van der Waals surface area contributed by atoms with Gasteiger partial charge in [-0.1, -0.05) is 0 Å². The van der Waals surface area contributed by atoms with Crippen molar-refractivity contribution in [2.24, 2.45) is 5.92 Å². The maximum absolute atomic E-state index is 11.2. The van der Waals surface area contributed by atoms with Gasteiger partial charge in [-0.25, -0.2) is 0 Å². The second-order valence-electron chi connectivity index (χ2n) is 6.11. The fraction of sp³-hybridized carbons (Fsp3) is 0.929. The van der Waals surface area contributed by atoms with Crippen LogP contribution in [0.2, 0.25) is 0 Å². The number of ketones is 1. The highest BCUT2D eigenvalue weighted by molar-refractivity contribution is 5.76. The first-order valence-corrected chi connectivity index (χ1v) is 6.96. The van der Waals surface area contributed by atoms with Gasteiger partial charge >= 0.3 is 0 Å². The van der Waals surface area contributed by atoms with Gasteiger partial charge < -0.3 is 9.80 Å². The van der Waals surface area contributed by atoms with Gasteiger partial charge in [0.2, 0.25) is 0 Å². The molecule has 0 aromatic heterocycles. The number of nitrogens with zero attached hydrogens (tertiary/aromatic N) is 2. The lowest BCUT2D eigenvalue weighted by molar-refractivity contribution is -0.117. The second-order valence-corrected chi connectivity index (χ2v) is 6.11. The molecule has 17 heavy (non-hydrogen) atoms. The van der Waals surface area contributed by atoms with E-state index in [9.17, 15) is 4.79 Å². The number of hydrogen-bond donors (Lipinski definition) is 0. The predicted octanol–water partition coefficient (Wildman–Crippen LogP) is 1.77. The fourth-order valence-corrected chi connectivity index (χ4v) is 3.60. The van der Waals surface area contributed by atoms with Crippen molar-refractivity contribution in [1.29, 1.82) is 0 Å². The van der Waals surface area contributed by atoms with E-state index >= 15 is 0 Å². The standard InChI is InChI=1S/C14H26N2O/c1-11(17)7-14-9-12(10-16(14)3)8-13-5-4-6-15(13)2/h12-14H,4-10H2,1-3H3/t12?,13-,14?/m1/s1. The average molecular weight is 238 g/mol. The van der Waals surface area contributed by atoms with Crippen LogP contribution < -0.4 is 0 Å². The van der Waals surface area contributed by atoms with E-state index in [2.05, 4.69) is 23.9 Å². The van der Waals surface area contributed by atoms with Crippen molar-refractivity contribution >= 4 is 5.78 Å². The van der Waals surface area contributed by atoms with E-state index in [1.165, 1.54) is 38.8 Å². The van der Waals surface area contributed by atoms with E-state index in [1.807, 2.05) is 0 Å². The summed E-state index contributed by atoms with van der Waals surface area (Å²) in [6.07, 6.45) is 6.03. The lowest BCUT2D eigenvalue weighted by atomic mass is 9.94. The van der Waals surface area contributed by atoms with Gasteiger partial charge in [0.15, 0.2) is 0 Å². The third-order valence-corrected chi connectivity index (χ3v) is 4.57. The Morgan fingerprint density at radius 1 is 1.24 bits per heavy atom. The Bertz CT molecular complexity index is 279. The Balaban J connectivity index is 1.82. The van der Waals surface area contributed by atoms with Gasteiger partial charge in [-0.2, -0.15) is 0 Å². The number of rotatable bonds is 4. The molecule has 2 unspecified atom stereocenters. The normalized spacial score (nSPS) is 35.6. The van der Waals surface area contributed by atoms with Crippen LogP contribution >= 0.6 is 0 Å². The maximum atomic E-state index is 11.2. The van der Waals surface area contributed by atoms with Gasteiger partial charge in [-0.15, -0.1) is 0 Å². The maximum Gasteiger partial charge on any atom is 0.131 e. The van der Waals surface area contributed by atoms with Crippen LogP contribution in [0.25, 0.3) is 0 Å². The SMILES string of the molecule is CC(=O)CC1CC(C[C@H]2CCCN2C)CN1C. The summed E-state index contributed by atoms with van der Waals surface area (Å²) in [6, 6.07) is 1.30. The van der Waals surface area contributed by atoms with Gasteiger partial charge in [0.1, 0.15) is 5.78 Å². The average Bonchev–Trinajstić information content (AvgIpc) is 2.76. The fourth-order valence-electron chi connectivity index (χ4n) is 3.60. The zero-order valence-electron chi connectivity index (χ0n) is 11.5. The number of Topliss-reactive ketones (excluding diaryl/α,β-unsaturated/α-hetero) is 1. The first-order chi connectivity index (χ1) is 8.06. The summed E-state index contributed by atoms with van der Waals surface area (Å²) >= 11 is 0. The van der Waals surface area contributed by atoms with E-state index in [0.717, 1.165) is 18.4 Å². The molecule has 0 aliphatic carbocycles. The van der Waals surface area contributed by atoms with Crippen molar-refractivity contribution in [3.8, 4) is 0 Å². The highest BCUT2D eigenvalue weighted by Crippen LogP contribution is 2.31. The molecule has 98 valence electrons. The zero-order chi connectivity index (χ0) is 12.4. The highest BCUT2D eigenvalue weighted by atomic mass is 16.1. The largest absolute Gasteiger partial charge is 0.303 e. The van der Waals surface area contributed by atoms with Gasteiger partial charge in [0.05, 0.1) is 0 Å². The Labute approximate surface area is 105 Å². The summed E-state index contributed by atoms with van der Waals surface area (Å²) in [5.41, 5.74) is 0. The number of carbonyl (C=O) groups excluding carboxylic acids is 1. The van der Waals surface area contributed by atoms with Crippen LogP contribution in [-0.2, 0) is 4.79 Å². The molecule has 3 atom stereocenters. The van der Waals surface area contributed by atoms with E-state index in [-0.39, 0.29) is 0 Å². The van der Waals surface area contributed by atoms with Crippen molar-refractivity contribution in [2.75, 3.05) is 27.2 Å². The van der Waals surface area contributed by atoms with Crippen LogP contribution in [0.1, 0.15) is 39.0 Å².